The van der Waals surface area contributed by atoms with Gasteiger partial charge in [0.1, 0.15) is 0 Å². The molecule has 7 heteroatoms. The van der Waals surface area contributed by atoms with Crippen molar-refractivity contribution in [2.45, 2.75) is 64.1 Å². The van der Waals surface area contributed by atoms with E-state index in [0.29, 0.717) is 48.6 Å². The number of sulfone groups is 1. The molecule has 0 aromatic heterocycles. The van der Waals surface area contributed by atoms with Gasteiger partial charge in [-0.1, -0.05) is 19.9 Å². The van der Waals surface area contributed by atoms with Crippen LogP contribution in [-0.4, -0.2) is 81.0 Å². The molecule has 1 saturated carbocycles. The van der Waals surface area contributed by atoms with Gasteiger partial charge in [0, 0.05) is 18.6 Å². The van der Waals surface area contributed by atoms with E-state index in [4.69, 9.17) is 4.74 Å². The van der Waals surface area contributed by atoms with Crippen molar-refractivity contribution in [3.63, 3.8) is 0 Å². The molecule has 29 heavy (non-hydrogen) atoms. The number of nitrogens with zero attached hydrogens (tertiary/aromatic N) is 1. The highest BCUT2D eigenvalue weighted by atomic mass is 32.2. The zero-order valence-corrected chi connectivity index (χ0v) is 18.8. The van der Waals surface area contributed by atoms with E-state index >= 15 is 0 Å². The fourth-order valence-electron chi connectivity index (χ4n) is 5.85. The molecule has 0 aromatic carbocycles. The lowest BCUT2D eigenvalue weighted by Gasteiger charge is -2.56. The molecule has 2 heterocycles. The minimum atomic E-state index is -2.82. The van der Waals surface area contributed by atoms with Crippen LogP contribution in [0.3, 0.4) is 0 Å². The molecule has 4 atom stereocenters. The summed E-state index contributed by atoms with van der Waals surface area (Å²) in [6.45, 7) is 8.34. The SMILES string of the molecule is CC1(C)[C@H]2CC=C(COC[C@H](O)CN3CCC(N[C@@H]4CCS(=O)(=O)C4)CC3)[C@H]1C2. The van der Waals surface area contributed by atoms with E-state index in [1.165, 1.54) is 18.4 Å². The predicted molar refractivity (Wildman–Crippen MR) is 115 cm³/mol. The van der Waals surface area contributed by atoms with Crippen molar-refractivity contribution in [3.05, 3.63) is 11.6 Å². The average molecular weight is 427 g/mol. The predicted octanol–water partition coefficient (Wildman–Crippen LogP) is 1.60. The number of nitrogens with one attached hydrogen (secondary N) is 1. The average Bonchev–Trinajstić information content (AvgIpc) is 3.01. The fraction of sp³-hybridized carbons (Fsp3) is 0.909. The Kier molecular flexibility index (Phi) is 6.43. The van der Waals surface area contributed by atoms with Gasteiger partial charge in [-0.05, 0) is 68.0 Å². The molecular weight excluding hydrogens is 388 g/mol. The lowest BCUT2D eigenvalue weighted by atomic mass is 9.49. The maximum atomic E-state index is 11.6. The highest BCUT2D eigenvalue weighted by Gasteiger charge is 2.50. The monoisotopic (exact) mass is 426 g/mol. The number of piperidine rings is 1. The summed E-state index contributed by atoms with van der Waals surface area (Å²) < 4.78 is 29.1. The third-order valence-electron chi connectivity index (χ3n) is 7.92. The Balaban J connectivity index is 1.11. The largest absolute Gasteiger partial charge is 0.389 e. The Labute approximate surface area is 176 Å². The Morgan fingerprint density at radius 3 is 2.66 bits per heavy atom. The van der Waals surface area contributed by atoms with Gasteiger partial charge < -0.3 is 20.1 Å². The van der Waals surface area contributed by atoms with Crippen molar-refractivity contribution in [2.24, 2.45) is 17.3 Å². The number of hydrogen-bond acceptors (Lipinski definition) is 6. The molecule has 6 nitrogen and oxygen atoms in total. The zero-order valence-electron chi connectivity index (χ0n) is 18.0. The summed E-state index contributed by atoms with van der Waals surface area (Å²) in [7, 11) is -2.82. The Morgan fingerprint density at radius 1 is 1.28 bits per heavy atom. The van der Waals surface area contributed by atoms with E-state index in [0.717, 1.165) is 38.3 Å². The first kappa shape index (κ1) is 21.8. The summed E-state index contributed by atoms with van der Waals surface area (Å²) in [5.41, 5.74) is 1.86. The summed E-state index contributed by atoms with van der Waals surface area (Å²) >= 11 is 0. The Bertz CT molecular complexity index is 712. The summed E-state index contributed by atoms with van der Waals surface area (Å²) in [4.78, 5) is 2.30. The molecule has 2 bridgehead atoms. The highest BCUT2D eigenvalue weighted by molar-refractivity contribution is 7.91. The van der Waals surface area contributed by atoms with Crippen molar-refractivity contribution >= 4 is 9.84 Å². The first-order chi connectivity index (χ1) is 13.7. The molecule has 2 N–H and O–H groups in total. The number of aliphatic hydroxyl groups excluding tert-OH is 1. The molecule has 2 saturated heterocycles. The fourth-order valence-corrected chi connectivity index (χ4v) is 7.53. The highest BCUT2D eigenvalue weighted by Crippen LogP contribution is 2.59. The van der Waals surface area contributed by atoms with Crippen molar-refractivity contribution in [2.75, 3.05) is 44.4 Å². The van der Waals surface area contributed by atoms with Gasteiger partial charge >= 0.3 is 0 Å². The molecular formula is C22H38N2O4S. The van der Waals surface area contributed by atoms with Crippen LogP contribution in [0.1, 0.15) is 46.0 Å². The number of β-amino-alcohol motifs (C(OH)–C–C–N with tert-alkyl or cyclic N) is 1. The number of allylic oxidation sites excluding steroid dienone is 1. The second-order valence-electron chi connectivity index (χ2n) is 10.3. The molecule has 5 aliphatic rings. The zero-order chi connectivity index (χ0) is 20.6. The molecule has 3 fully saturated rings. The normalized spacial score (nSPS) is 35.1. The van der Waals surface area contributed by atoms with Crippen LogP contribution in [0.15, 0.2) is 11.6 Å². The number of fused-ring (bicyclic) bond motifs is 1. The van der Waals surface area contributed by atoms with Crippen LogP contribution in [0.25, 0.3) is 0 Å². The number of aliphatic hydroxyl groups is 1. The third-order valence-corrected chi connectivity index (χ3v) is 9.69. The quantitative estimate of drug-likeness (QED) is 0.574. The second-order valence-corrected chi connectivity index (χ2v) is 12.6. The number of likely N-dealkylation sites (tertiary alicyclic amines) is 1. The van der Waals surface area contributed by atoms with Crippen LogP contribution >= 0.6 is 0 Å². The van der Waals surface area contributed by atoms with E-state index in [9.17, 15) is 13.5 Å². The molecule has 3 aliphatic carbocycles. The van der Waals surface area contributed by atoms with Crippen molar-refractivity contribution in [1.29, 1.82) is 0 Å². The van der Waals surface area contributed by atoms with E-state index in [-0.39, 0.29) is 6.04 Å². The smallest absolute Gasteiger partial charge is 0.151 e. The lowest BCUT2D eigenvalue weighted by molar-refractivity contribution is -0.0268. The minimum absolute atomic E-state index is 0.126. The lowest BCUT2D eigenvalue weighted by Crippen LogP contribution is -2.49. The first-order valence-electron chi connectivity index (χ1n) is 11.4. The number of rotatable bonds is 8. The van der Waals surface area contributed by atoms with Gasteiger partial charge in [-0.3, -0.25) is 0 Å². The van der Waals surface area contributed by atoms with Crippen LogP contribution in [0.5, 0.6) is 0 Å². The van der Waals surface area contributed by atoms with Crippen LogP contribution in [-0.2, 0) is 14.6 Å². The Morgan fingerprint density at radius 2 is 2.03 bits per heavy atom. The number of ether oxygens (including phenoxy) is 1. The van der Waals surface area contributed by atoms with Gasteiger partial charge in [-0.15, -0.1) is 0 Å². The molecule has 166 valence electrons. The van der Waals surface area contributed by atoms with E-state index < -0.39 is 15.9 Å². The minimum Gasteiger partial charge on any atom is -0.389 e. The molecule has 0 unspecified atom stereocenters. The third kappa shape index (κ3) is 5.06. The van der Waals surface area contributed by atoms with Gasteiger partial charge in [0.05, 0.1) is 30.8 Å². The van der Waals surface area contributed by atoms with Crippen molar-refractivity contribution < 1.29 is 18.3 Å². The van der Waals surface area contributed by atoms with Crippen molar-refractivity contribution in [1.82, 2.24) is 10.2 Å². The van der Waals surface area contributed by atoms with E-state index in [2.05, 4.69) is 30.1 Å². The van der Waals surface area contributed by atoms with Crippen LogP contribution in [0.4, 0.5) is 0 Å². The summed E-state index contributed by atoms with van der Waals surface area (Å²) in [6, 6.07) is 0.520. The molecule has 5 rings (SSSR count). The molecule has 0 spiro atoms. The molecule has 0 radical (unpaired) electrons. The maximum Gasteiger partial charge on any atom is 0.151 e. The van der Waals surface area contributed by atoms with Gasteiger partial charge in [0.15, 0.2) is 9.84 Å². The first-order valence-corrected chi connectivity index (χ1v) is 13.2. The summed E-state index contributed by atoms with van der Waals surface area (Å²) in [5.74, 6) is 2.13. The summed E-state index contributed by atoms with van der Waals surface area (Å²) in [6.07, 6.45) is 7.16. The van der Waals surface area contributed by atoms with Gasteiger partial charge in [-0.25, -0.2) is 8.42 Å². The van der Waals surface area contributed by atoms with Crippen molar-refractivity contribution in [3.8, 4) is 0 Å². The molecule has 0 amide bonds. The van der Waals surface area contributed by atoms with Gasteiger partial charge in [0.25, 0.3) is 0 Å². The van der Waals surface area contributed by atoms with E-state index in [1.807, 2.05) is 0 Å². The van der Waals surface area contributed by atoms with Gasteiger partial charge in [0.2, 0.25) is 0 Å². The standard InChI is InChI=1S/C22H38N2O4S/c1-22(2)17-4-3-16(21(22)11-17)13-28-14-20(25)12-24-8-5-18(6-9-24)23-19-7-10-29(26,27)15-19/h3,17-21,23,25H,4-15H2,1-2H3/t17-,19+,20+,21+/m0/s1. The van der Waals surface area contributed by atoms with Gasteiger partial charge in [-0.2, -0.15) is 0 Å². The molecule has 0 aromatic rings. The van der Waals surface area contributed by atoms with E-state index in [1.54, 1.807) is 0 Å². The topological polar surface area (TPSA) is 78.9 Å². The van der Waals surface area contributed by atoms with Crippen LogP contribution < -0.4 is 5.32 Å². The van der Waals surface area contributed by atoms with Crippen LogP contribution in [0, 0.1) is 17.3 Å². The van der Waals surface area contributed by atoms with Crippen LogP contribution in [0.2, 0.25) is 0 Å². The summed E-state index contributed by atoms with van der Waals surface area (Å²) in [5, 5.41) is 13.9. The maximum absolute atomic E-state index is 11.6. The molecule has 2 aliphatic heterocycles. The second kappa shape index (κ2) is 8.58. The Hall–Kier alpha value is -0.470. The number of hydrogen-bond donors (Lipinski definition) is 2.